The number of hydrogen-bond acceptors (Lipinski definition) is 2. The molecule has 2 aromatic heterocycles. The van der Waals surface area contributed by atoms with Crippen molar-refractivity contribution in [1.82, 2.24) is 14.5 Å². The van der Waals surface area contributed by atoms with E-state index in [0.29, 0.717) is 6.54 Å². The van der Waals surface area contributed by atoms with Crippen LogP contribution >= 0.6 is 0 Å². The highest BCUT2D eigenvalue weighted by Gasteiger charge is 2.21. The zero-order valence-corrected chi connectivity index (χ0v) is 11.4. The molecule has 0 bridgehead atoms. The van der Waals surface area contributed by atoms with Crippen LogP contribution in [0.1, 0.15) is 24.4 Å². The summed E-state index contributed by atoms with van der Waals surface area (Å²) < 4.78 is 2.32. The molecular weight excluding hydrogens is 248 g/mol. The van der Waals surface area contributed by atoms with E-state index in [1.165, 1.54) is 29.5 Å². The largest absolute Gasteiger partial charge is 0.360 e. The number of hydrogen-bond donors (Lipinski definition) is 2. The lowest BCUT2D eigenvalue weighted by atomic mass is 10.0. The monoisotopic (exact) mass is 266 g/mol. The van der Waals surface area contributed by atoms with Gasteiger partial charge in [0.1, 0.15) is 5.82 Å². The van der Waals surface area contributed by atoms with Gasteiger partial charge in [-0.3, -0.25) is 0 Å². The number of nitrogens with one attached hydrogen (secondary N) is 1. The number of para-hydroxylation sites is 1. The molecule has 0 radical (unpaired) electrons. The minimum absolute atomic E-state index is 0.509. The molecule has 0 saturated carbocycles. The number of H-pyrrole nitrogens is 1. The lowest BCUT2D eigenvalue weighted by Gasteiger charge is -2.16. The van der Waals surface area contributed by atoms with Crippen LogP contribution in [0.4, 0.5) is 0 Å². The maximum atomic E-state index is 5.86. The van der Waals surface area contributed by atoms with Gasteiger partial charge in [0.05, 0.1) is 12.2 Å². The molecule has 0 spiro atoms. The van der Waals surface area contributed by atoms with Gasteiger partial charge in [-0.2, -0.15) is 0 Å². The number of aromatic amines is 1. The number of nitrogens with zero attached hydrogens (tertiary/aromatic N) is 2. The summed E-state index contributed by atoms with van der Waals surface area (Å²) in [4.78, 5) is 8.16. The van der Waals surface area contributed by atoms with Crippen LogP contribution in [0.3, 0.4) is 0 Å². The number of imidazole rings is 1. The smallest absolute Gasteiger partial charge is 0.123 e. The van der Waals surface area contributed by atoms with Gasteiger partial charge in [0.2, 0.25) is 0 Å². The first kappa shape index (κ1) is 11.7. The van der Waals surface area contributed by atoms with Crippen LogP contribution in [-0.2, 0) is 19.5 Å². The van der Waals surface area contributed by atoms with Crippen LogP contribution in [-0.4, -0.2) is 14.5 Å². The number of fused-ring (bicyclic) bond motifs is 2. The lowest BCUT2D eigenvalue weighted by molar-refractivity contribution is 0.515. The first-order valence-corrected chi connectivity index (χ1v) is 7.23. The summed E-state index contributed by atoms with van der Waals surface area (Å²) >= 11 is 0. The molecule has 0 saturated heterocycles. The lowest BCUT2D eigenvalue weighted by Crippen LogP contribution is -2.15. The van der Waals surface area contributed by atoms with E-state index in [-0.39, 0.29) is 0 Å². The molecule has 102 valence electrons. The third-order valence-corrected chi connectivity index (χ3v) is 4.22. The van der Waals surface area contributed by atoms with Gasteiger partial charge in [-0.05, 0) is 25.3 Å². The van der Waals surface area contributed by atoms with Crippen molar-refractivity contribution in [2.24, 2.45) is 5.73 Å². The zero-order chi connectivity index (χ0) is 13.5. The second-order valence-corrected chi connectivity index (χ2v) is 5.38. The Morgan fingerprint density at radius 3 is 3.05 bits per heavy atom. The van der Waals surface area contributed by atoms with Crippen molar-refractivity contribution in [2.45, 2.75) is 32.4 Å². The number of benzene rings is 1. The average Bonchev–Trinajstić information content (AvgIpc) is 3.08. The standard InChI is InChI=1S/C16H18N4/c17-9-15-19-16(14-7-3-4-8-20(14)15)12-10-18-13-6-2-1-5-11(12)13/h1-2,5-6,10,18H,3-4,7-9,17H2. The Hall–Kier alpha value is -2.07. The maximum absolute atomic E-state index is 5.86. The van der Waals surface area contributed by atoms with E-state index in [9.17, 15) is 0 Å². The van der Waals surface area contributed by atoms with Gasteiger partial charge in [-0.25, -0.2) is 4.98 Å². The van der Waals surface area contributed by atoms with E-state index in [1.807, 2.05) is 0 Å². The topological polar surface area (TPSA) is 59.6 Å². The molecule has 3 aromatic rings. The van der Waals surface area contributed by atoms with Crippen LogP contribution in [0.15, 0.2) is 30.5 Å². The summed E-state index contributed by atoms with van der Waals surface area (Å²) in [5.74, 6) is 1.01. The summed E-state index contributed by atoms with van der Waals surface area (Å²) in [6.07, 6.45) is 5.64. The highest BCUT2D eigenvalue weighted by atomic mass is 15.1. The highest BCUT2D eigenvalue weighted by molar-refractivity contribution is 5.95. The average molecular weight is 266 g/mol. The Morgan fingerprint density at radius 2 is 2.15 bits per heavy atom. The van der Waals surface area contributed by atoms with E-state index in [0.717, 1.165) is 30.0 Å². The maximum Gasteiger partial charge on any atom is 0.123 e. The fourth-order valence-electron chi connectivity index (χ4n) is 3.26. The molecule has 0 amide bonds. The van der Waals surface area contributed by atoms with Gasteiger partial charge in [0.15, 0.2) is 0 Å². The molecule has 3 N–H and O–H groups in total. The molecule has 4 nitrogen and oxygen atoms in total. The Labute approximate surface area is 117 Å². The first-order valence-electron chi connectivity index (χ1n) is 7.23. The van der Waals surface area contributed by atoms with Crippen LogP contribution in [0, 0.1) is 0 Å². The Morgan fingerprint density at radius 1 is 1.25 bits per heavy atom. The minimum Gasteiger partial charge on any atom is -0.360 e. The fourth-order valence-corrected chi connectivity index (χ4v) is 3.26. The molecule has 1 aliphatic rings. The van der Waals surface area contributed by atoms with Crippen LogP contribution < -0.4 is 5.73 Å². The van der Waals surface area contributed by atoms with Crippen molar-refractivity contribution in [3.63, 3.8) is 0 Å². The first-order chi connectivity index (χ1) is 9.88. The van der Waals surface area contributed by atoms with E-state index in [2.05, 4.69) is 40.0 Å². The Bertz CT molecular complexity index is 766. The van der Waals surface area contributed by atoms with Crippen molar-refractivity contribution in [3.05, 3.63) is 42.0 Å². The zero-order valence-electron chi connectivity index (χ0n) is 11.4. The van der Waals surface area contributed by atoms with E-state index in [4.69, 9.17) is 10.7 Å². The predicted molar refractivity (Wildman–Crippen MR) is 80.3 cm³/mol. The van der Waals surface area contributed by atoms with Gasteiger partial charge in [-0.15, -0.1) is 0 Å². The molecule has 3 heterocycles. The third kappa shape index (κ3) is 1.61. The molecule has 0 aliphatic carbocycles. The summed E-state index contributed by atoms with van der Waals surface area (Å²) in [6.45, 7) is 1.56. The van der Waals surface area contributed by atoms with Crippen LogP contribution in [0.5, 0.6) is 0 Å². The van der Waals surface area contributed by atoms with Crippen molar-refractivity contribution in [1.29, 1.82) is 0 Å². The van der Waals surface area contributed by atoms with E-state index >= 15 is 0 Å². The normalized spacial score (nSPS) is 14.7. The number of aromatic nitrogens is 3. The molecule has 1 aliphatic heterocycles. The Kier molecular flexibility index (Phi) is 2.63. The summed E-state index contributed by atoms with van der Waals surface area (Å²) in [5, 5.41) is 1.24. The van der Waals surface area contributed by atoms with Crippen molar-refractivity contribution < 1.29 is 0 Å². The summed E-state index contributed by atoms with van der Waals surface area (Å²) in [7, 11) is 0. The minimum atomic E-state index is 0.509. The van der Waals surface area contributed by atoms with E-state index < -0.39 is 0 Å². The fraction of sp³-hybridized carbons (Fsp3) is 0.312. The van der Waals surface area contributed by atoms with Gasteiger partial charge < -0.3 is 15.3 Å². The van der Waals surface area contributed by atoms with Gasteiger partial charge >= 0.3 is 0 Å². The third-order valence-electron chi connectivity index (χ3n) is 4.22. The molecule has 4 rings (SSSR count). The van der Waals surface area contributed by atoms with Crippen molar-refractivity contribution in [2.75, 3.05) is 0 Å². The molecular formula is C16H18N4. The SMILES string of the molecule is NCc1nc(-c2c[nH]c3ccccc23)c2n1CCCC2. The molecule has 0 fully saturated rings. The highest BCUT2D eigenvalue weighted by Crippen LogP contribution is 2.33. The van der Waals surface area contributed by atoms with Crippen LogP contribution in [0.25, 0.3) is 22.2 Å². The quantitative estimate of drug-likeness (QED) is 0.749. The molecule has 20 heavy (non-hydrogen) atoms. The second-order valence-electron chi connectivity index (χ2n) is 5.38. The summed E-state index contributed by atoms with van der Waals surface area (Å²) in [5.41, 5.74) is 10.7. The summed E-state index contributed by atoms with van der Waals surface area (Å²) in [6, 6.07) is 8.38. The predicted octanol–water partition coefficient (Wildman–Crippen LogP) is 2.83. The van der Waals surface area contributed by atoms with Gasteiger partial charge in [0, 0.05) is 34.9 Å². The number of nitrogens with two attached hydrogens (primary N) is 1. The second kappa shape index (κ2) is 4.49. The molecule has 0 unspecified atom stereocenters. The Balaban J connectivity index is 1.96. The van der Waals surface area contributed by atoms with Crippen molar-refractivity contribution in [3.8, 4) is 11.3 Å². The van der Waals surface area contributed by atoms with Crippen molar-refractivity contribution >= 4 is 10.9 Å². The van der Waals surface area contributed by atoms with Crippen LogP contribution in [0.2, 0.25) is 0 Å². The number of rotatable bonds is 2. The molecule has 0 atom stereocenters. The van der Waals surface area contributed by atoms with Gasteiger partial charge in [-0.1, -0.05) is 18.2 Å². The van der Waals surface area contributed by atoms with Gasteiger partial charge in [0.25, 0.3) is 0 Å². The van der Waals surface area contributed by atoms with E-state index in [1.54, 1.807) is 0 Å². The molecule has 1 aromatic carbocycles. The molecule has 4 heteroatoms.